The van der Waals surface area contributed by atoms with Gasteiger partial charge in [0.25, 0.3) is 11.6 Å². The maximum atomic E-state index is 13.3. The second-order valence-electron chi connectivity index (χ2n) is 4.68. The Balaban J connectivity index is 2.45. The molecule has 0 radical (unpaired) electrons. The van der Waals surface area contributed by atoms with E-state index in [-0.39, 0.29) is 6.54 Å². The van der Waals surface area contributed by atoms with Crippen LogP contribution in [-0.4, -0.2) is 28.3 Å². The summed E-state index contributed by atoms with van der Waals surface area (Å²) in [7, 11) is 0. The number of nitro groups is 1. The number of halogens is 2. The number of nitriles is 1. The van der Waals surface area contributed by atoms with Gasteiger partial charge in [0.1, 0.15) is 11.6 Å². The van der Waals surface area contributed by atoms with Crippen LogP contribution in [0.3, 0.4) is 0 Å². The molecule has 1 amide bonds. The summed E-state index contributed by atoms with van der Waals surface area (Å²) in [5, 5.41) is 19.9. The first-order chi connectivity index (χ1) is 9.95. The molecule has 0 aliphatic carbocycles. The largest absolute Gasteiger partial charge is 0.322 e. The summed E-state index contributed by atoms with van der Waals surface area (Å²) < 4.78 is 26.4. The molecular formula is C13H11F2N3O3. The second-order valence-corrected chi connectivity index (χ2v) is 4.68. The van der Waals surface area contributed by atoms with Crippen LogP contribution in [-0.2, 0) is 0 Å². The van der Waals surface area contributed by atoms with Crippen molar-refractivity contribution in [3.05, 3.63) is 39.4 Å². The first-order valence-electron chi connectivity index (χ1n) is 6.29. The fourth-order valence-corrected chi connectivity index (χ4v) is 2.32. The van der Waals surface area contributed by atoms with E-state index in [4.69, 9.17) is 5.26 Å². The average molecular weight is 295 g/mol. The van der Waals surface area contributed by atoms with E-state index >= 15 is 0 Å². The molecule has 0 saturated carbocycles. The molecule has 110 valence electrons. The van der Waals surface area contributed by atoms with Gasteiger partial charge in [0.2, 0.25) is 0 Å². The number of hydrogen-bond acceptors (Lipinski definition) is 4. The highest BCUT2D eigenvalue weighted by atomic mass is 19.2. The number of carbonyl (C=O) groups excluding carboxylic acids is 1. The lowest BCUT2D eigenvalue weighted by atomic mass is 10.0. The van der Waals surface area contributed by atoms with Crippen LogP contribution >= 0.6 is 0 Å². The van der Waals surface area contributed by atoms with Gasteiger partial charge >= 0.3 is 0 Å². The van der Waals surface area contributed by atoms with Crippen LogP contribution in [0.25, 0.3) is 0 Å². The highest BCUT2D eigenvalue weighted by Crippen LogP contribution is 2.26. The smallest absolute Gasteiger partial charge is 0.285 e. The van der Waals surface area contributed by atoms with E-state index in [1.54, 1.807) is 0 Å². The zero-order chi connectivity index (χ0) is 15.6. The molecule has 6 nitrogen and oxygen atoms in total. The van der Waals surface area contributed by atoms with Crippen molar-refractivity contribution < 1.29 is 18.5 Å². The number of nitrogens with zero attached hydrogens (tertiary/aromatic N) is 3. The Morgan fingerprint density at radius 1 is 1.38 bits per heavy atom. The Bertz CT molecular complexity index is 642. The molecule has 1 heterocycles. The van der Waals surface area contributed by atoms with Gasteiger partial charge in [-0.05, 0) is 25.3 Å². The van der Waals surface area contributed by atoms with Crippen LogP contribution < -0.4 is 0 Å². The van der Waals surface area contributed by atoms with Gasteiger partial charge in [-0.15, -0.1) is 0 Å². The zero-order valence-corrected chi connectivity index (χ0v) is 10.9. The third-order valence-corrected chi connectivity index (χ3v) is 3.38. The monoisotopic (exact) mass is 295 g/mol. The van der Waals surface area contributed by atoms with Crippen molar-refractivity contribution >= 4 is 11.6 Å². The summed E-state index contributed by atoms with van der Waals surface area (Å²) in [6, 6.07) is 2.13. The molecule has 1 aliphatic rings. The molecule has 0 aromatic heterocycles. The molecule has 8 heteroatoms. The average Bonchev–Trinajstić information content (AvgIpc) is 2.48. The number of carbonyl (C=O) groups is 1. The van der Waals surface area contributed by atoms with E-state index in [1.807, 2.05) is 6.07 Å². The van der Waals surface area contributed by atoms with Crippen molar-refractivity contribution in [3.8, 4) is 6.07 Å². The quantitative estimate of drug-likeness (QED) is 0.619. The van der Waals surface area contributed by atoms with Gasteiger partial charge in [-0.2, -0.15) is 5.26 Å². The highest BCUT2D eigenvalue weighted by molar-refractivity contribution is 5.98. The van der Waals surface area contributed by atoms with Crippen LogP contribution in [0.2, 0.25) is 0 Å². The number of amides is 1. The summed E-state index contributed by atoms with van der Waals surface area (Å²) in [5.41, 5.74) is -1.35. The topological polar surface area (TPSA) is 87.2 Å². The molecule has 1 aromatic carbocycles. The van der Waals surface area contributed by atoms with Gasteiger partial charge in [0.05, 0.1) is 17.1 Å². The third-order valence-electron chi connectivity index (χ3n) is 3.38. The van der Waals surface area contributed by atoms with E-state index in [0.29, 0.717) is 25.0 Å². The Hall–Kier alpha value is -2.56. The van der Waals surface area contributed by atoms with Crippen molar-refractivity contribution in [2.75, 3.05) is 6.54 Å². The van der Waals surface area contributed by atoms with Gasteiger partial charge in [0, 0.05) is 6.54 Å². The van der Waals surface area contributed by atoms with Crippen LogP contribution in [0.4, 0.5) is 14.5 Å². The molecule has 0 spiro atoms. The van der Waals surface area contributed by atoms with E-state index in [0.717, 1.165) is 6.42 Å². The van der Waals surface area contributed by atoms with E-state index < -0.39 is 39.8 Å². The number of benzene rings is 1. The Morgan fingerprint density at radius 2 is 2.05 bits per heavy atom. The molecular weight excluding hydrogens is 284 g/mol. The minimum atomic E-state index is -1.39. The predicted molar refractivity (Wildman–Crippen MR) is 67.3 cm³/mol. The Morgan fingerprint density at radius 3 is 2.67 bits per heavy atom. The number of piperidine rings is 1. The maximum absolute atomic E-state index is 13.3. The van der Waals surface area contributed by atoms with E-state index in [9.17, 15) is 23.7 Å². The van der Waals surface area contributed by atoms with Crippen molar-refractivity contribution in [1.29, 1.82) is 5.26 Å². The lowest BCUT2D eigenvalue weighted by molar-refractivity contribution is -0.385. The Kier molecular flexibility index (Phi) is 4.12. The van der Waals surface area contributed by atoms with E-state index in [1.165, 1.54) is 4.90 Å². The summed E-state index contributed by atoms with van der Waals surface area (Å²) in [6.07, 6.45) is 1.88. The number of rotatable bonds is 2. The minimum Gasteiger partial charge on any atom is -0.322 e. The zero-order valence-electron chi connectivity index (χ0n) is 10.9. The van der Waals surface area contributed by atoms with Crippen molar-refractivity contribution in [1.82, 2.24) is 4.90 Å². The van der Waals surface area contributed by atoms with Crippen molar-refractivity contribution in [3.63, 3.8) is 0 Å². The van der Waals surface area contributed by atoms with Crippen LogP contribution in [0, 0.1) is 33.1 Å². The number of likely N-dealkylation sites (tertiary alicyclic amines) is 1. The SMILES string of the molecule is N#CC1CCCCN1C(=O)c1cc(F)c(F)cc1[N+](=O)[O-]. The van der Waals surface area contributed by atoms with Crippen LogP contribution in [0.1, 0.15) is 29.6 Å². The summed E-state index contributed by atoms with van der Waals surface area (Å²) in [5.74, 6) is -3.56. The lowest BCUT2D eigenvalue weighted by Crippen LogP contribution is -2.43. The molecule has 21 heavy (non-hydrogen) atoms. The standard InChI is InChI=1S/C13H11F2N3O3/c14-10-5-9(12(18(20)21)6-11(10)15)13(19)17-4-2-1-3-8(17)7-16/h5-6,8H,1-4H2. The van der Waals surface area contributed by atoms with Gasteiger partial charge < -0.3 is 4.90 Å². The fraction of sp³-hybridized carbons (Fsp3) is 0.385. The molecule has 1 atom stereocenters. The minimum absolute atomic E-state index is 0.257. The molecule has 2 rings (SSSR count). The van der Waals surface area contributed by atoms with Gasteiger partial charge in [-0.1, -0.05) is 0 Å². The highest BCUT2D eigenvalue weighted by Gasteiger charge is 2.32. The predicted octanol–water partition coefficient (Wildman–Crippen LogP) is 2.39. The molecule has 0 bridgehead atoms. The lowest BCUT2D eigenvalue weighted by Gasteiger charge is -2.31. The van der Waals surface area contributed by atoms with E-state index in [2.05, 4.69) is 0 Å². The number of nitro benzene ring substituents is 1. The van der Waals surface area contributed by atoms with Crippen LogP contribution in [0.15, 0.2) is 12.1 Å². The molecule has 1 saturated heterocycles. The first-order valence-corrected chi connectivity index (χ1v) is 6.29. The molecule has 1 unspecified atom stereocenters. The maximum Gasteiger partial charge on any atom is 0.285 e. The fourth-order valence-electron chi connectivity index (χ4n) is 2.32. The second kappa shape index (κ2) is 5.83. The van der Waals surface area contributed by atoms with Gasteiger partial charge in [0.15, 0.2) is 11.6 Å². The number of hydrogen-bond donors (Lipinski definition) is 0. The third kappa shape index (κ3) is 2.81. The molecule has 1 aliphatic heterocycles. The summed E-state index contributed by atoms with van der Waals surface area (Å²) in [6.45, 7) is 0.257. The first kappa shape index (κ1) is 14.8. The van der Waals surface area contributed by atoms with Crippen LogP contribution in [0.5, 0.6) is 0 Å². The molecule has 0 N–H and O–H groups in total. The normalized spacial score (nSPS) is 18.1. The van der Waals surface area contributed by atoms with Crippen molar-refractivity contribution in [2.45, 2.75) is 25.3 Å². The van der Waals surface area contributed by atoms with Gasteiger partial charge in [-0.3, -0.25) is 14.9 Å². The summed E-state index contributed by atoms with van der Waals surface area (Å²) >= 11 is 0. The molecule has 1 fully saturated rings. The van der Waals surface area contributed by atoms with Crippen molar-refractivity contribution in [2.24, 2.45) is 0 Å². The van der Waals surface area contributed by atoms with Gasteiger partial charge in [-0.25, -0.2) is 8.78 Å². The Labute approximate surface area is 118 Å². The summed E-state index contributed by atoms with van der Waals surface area (Å²) in [4.78, 5) is 23.5. The molecule has 1 aromatic rings.